The Morgan fingerprint density at radius 1 is 1.06 bits per heavy atom. The summed E-state index contributed by atoms with van der Waals surface area (Å²) in [5.74, 6) is -2.72. The van der Waals surface area contributed by atoms with Gasteiger partial charge in [0.15, 0.2) is 0 Å². The smallest absolute Gasteiger partial charge is 0.433 e. The van der Waals surface area contributed by atoms with Crippen LogP contribution in [0.3, 0.4) is 0 Å². The van der Waals surface area contributed by atoms with Crippen molar-refractivity contribution in [2.75, 3.05) is 30.4 Å². The van der Waals surface area contributed by atoms with Crippen molar-refractivity contribution < 1.29 is 34.2 Å². The highest BCUT2D eigenvalue weighted by molar-refractivity contribution is 6.11. The van der Waals surface area contributed by atoms with Gasteiger partial charge in [-0.15, -0.1) is 0 Å². The van der Waals surface area contributed by atoms with Crippen LogP contribution < -0.4 is 16.0 Å². The van der Waals surface area contributed by atoms with E-state index in [1.165, 1.54) is 54.4 Å². The number of rotatable bonds is 6. The molecule has 2 aromatic carbocycles. The molecule has 1 aliphatic heterocycles. The third-order valence-electron chi connectivity index (χ3n) is 5.09. The van der Waals surface area contributed by atoms with Crippen molar-refractivity contribution in [1.29, 1.82) is 0 Å². The standard InChI is InChI=1S/C22H21N5O7/c1-26-16-7-6-14(10-15(16)21(32)27(11-17(26)28)9-8-18(29)30)24-20(31)13-4-2-12(3-5-13)19(23)25-22(33)34/h2-7,10H,8-9,11H2,1H3,(H2,23,25)(H,24,31)(H,29,30)(H,33,34). The minimum absolute atomic E-state index is 0.134. The molecule has 0 fully saturated rings. The number of carbonyl (C=O) groups is 5. The van der Waals surface area contributed by atoms with Crippen LogP contribution in [0.2, 0.25) is 0 Å². The first-order chi connectivity index (χ1) is 16.1. The Bertz CT molecular complexity index is 1210. The van der Waals surface area contributed by atoms with Gasteiger partial charge in [-0.05, 0) is 30.3 Å². The lowest BCUT2D eigenvalue weighted by Crippen LogP contribution is -2.38. The van der Waals surface area contributed by atoms with Crippen LogP contribution in [0.4, 0.5) is 16.2 Å². The minimum atomic E-state index is -1.44. The number of hydrogen-bond acceptors (Lipinski definition) is 5. The summed E-state index contributed by atoms with van der Waals surface area (Å²) in [7, 11) is 1.51. The largest absolute Gasteiger partial charge is 0.481 e. The molecule has 0 aliphatic carbocycles. The zero-order chi connectivity index (χ0) is 25.0. The van der Waals surface area contributed by atoms with Gasteiger partial charge in [-0.2, -0.15) is 4.99 Å². The fraction of sp³-hybridized carbons (Fsp3) is 0.182. The molecule has 4 amide bonds. The van der Waals surface area contributed by atoms with Crippen LogP contribution in [-0.2, 0) is 9.59 Å². The maximum atomic E-state index is 13.0. The molecule has 5 N–H and O–H groups in total. The molecule has 0 unspecified atom stereocenters. The Kier molecular flexibility index (Phi) is 6.90. The predicted octanol–water partition coefficient (Wildman–Crippen LogP) is 1.22. The molecule has 0 saturated heterocycles. The summed E-state index contributed by atoms with van der Waals surface area (Å²) in [5, 5.41) is 20.3. The summed E-state index contributed by atoms with van der Waals surface area (Å²) >= 11 is 0. The lowest BCUT2D eigenvalue weighted by molar-refractivity contribution is -0.137. The molecule has 3 rings (SSSR count). The molecule has 176 valence electrons. The van der Waals surface area contributed by atoms with Gasteiger partial charge in [0.25, 0.3) is 11.8 Å². The number of anilines is 2. The number of aliphatic imine (C=N–C) groups is 1. The van der Waals surface area contributed by atoms with Crippen LogP contribution in [-0.4, -0.2) is 70.9 Å². The van der Waals surface area contributed by atoms with E-state index in [1.54, 1.807) is 0 Å². The number of benzene rings is 2. The van der Waals surface area contributed by atoms with Gasteiger partial charge in [-0.1, -0.05) is 12.1 Å². The fourth-order valence-electron chi connectivity index (χ4n) is 3.30. The summed E-state index contributed by atoms with van der Waals surface area (Å²) in [6, 6.07) is 10.2. The number of carbonyl (C=O) groups excluding carboxylic acids is 3. The Morgan fingerprint density at radius 2 is 1.71 bits per heavy atom. The number of nitrogens with one attached hydrogen (secondary N) is 1. The van der Waals surface area contributed by atoms with Gasteiger partial charge in [0.05, 0.1) is 17.7 Å². The first-order valence-electron chi connectivity index (χ1n) is 9.97. The highest BCUT2D eigenvalue weighted by Gasteiger charge is 2.30. The Labute approximate surface area is 193 Å². The van der Waals surface area contributed by atoms with Gasteiger partial charge < -0.3 is 31.1 Å². The molecule has 0 spiro atoms. The molecule has 0 atom stereocenters. The van der Waals surface area contributed by atoms with E-state index in [2.05, 4.69) is 10.3 Å². The molecule has 0 aromatic heterocycles. The van der Waals surface area contributed by atoms with E-state index in [0.717, 1.165) is 4.90 Å². The van der Waals surface area contributed by atoms with Crippen molar-refractivity contribution in [1.82, 2.24) is 4.90 Å². The summed E-state index contributed by atoms with van der Waals surface area (Å²) in [6.07, 6.45) is -1.75. The van der Waals surface area contributed by atoms with Crippen molar-refractivity contribution in [2.45, 2.75) is 6.42 Å². The summed E-state index contributed by atoms with van der Waals surface area (Å²) in [6.45, 7) is -0.399. The second-order valence-electron chi connectivity index (χ2n) is 7.37. The van der Waals surface area contributed by atoms with Gasteiger partial charge in [0.1, 0.15) is 12.4 Å². The Balaban J connectivity index is 1.83. The predicted molar refractivity (Wildman–Crippen MR) is 121 cm³/mol. The SMILES string of the molecule is CN1C(=O)CN(CCC(=O)O)C(=O)c2cc(NC(=O)c3ccc(/C(N)=N/C(=O)O)cc3)ccc21. The van der Waals surface area contributed by atoms with Crippen LogP contribution in [0.5, 0.6) is 0 Å². The third-order valence-corrected chi connectivity index (χ3v) is 5.09. The maximum Gasteiger partial charge on any atom is 0.433 e. The van der Waals surface area contributed by atoms with Gasteiger partial charge >= 0.3 is 12.1 Å². The number of aliphatic carboxylic acids is 1. The molecule has 0 saturated carbocycles. The van der Waals surface area contributed by atoms with E-state index in [9.17, 15) is 24.0 Å². The number of amides is 4. The van der Waals surface area contributed by atoms with Crippen molar-refractivity contribution in [3.63, 3.8) is 0 Å². The van der Waals surface area contributed by atoms with Crippen molar-refractivity contribution >= 4 is 47.0 Å². The molecule has 12 nitrogen and oxygen atoms in total. The first kappa shape index (κ1) is 23.9. The lowest BCUT2D eigenvalue weighted by Gasteiger charge is -2.19. The third kappa shape index (κ3) is 5.35. The molecule has 2 aromatic rings. The molecule has 0 radical (unpaired) electrons. The zero-order valence-electron chi connectivity index (χ0n) is 18.0. The number of nitrogens with two attached hydrogens (primary N) is 1. The van der Waals surface area contributed by atoms with Gasteiger partial charge in [0.2, 0.25) is 5.91 Å². The van der Waals surface area contributed by atoms with Crippen LogP contribution in [0.1, 0.15) is 32.7 Å². The van der Waals surface area contributed by atoms with E-state index in [-0.39, 0.29) is 48.1 Å². The monoisotopic (exact) mass is 467 g/mol. The second kappa shape index (κ2) is 9.81. The van der Waals surface area contributed by atoms with Crippen molar-refractivity contribution in [2.24, 2.45) is 10.7 Å². The first-order valence-corrected chi connectivity index (χ1v) is 9.97. The van der Waals surface area contributed by atoms with Gasteiger partial charge in [-0.25, -0.2) is 4.79 Å². The van der Waals surface area contributed by atoms with Crippen molar-refractivity contribution in [3.05, 3.63) is 59.2 Å². The molecular formula is C22H21N5O7. The van der Waals surface area contributed by atoms with Crippen LogP contribution in [0.25, 0.3) is 0 Å². The maximum absolute atomic E-state index is 13.0. The molecule has 34 heavy (non-hydrogen) atoms. The number of carboxylic acid groups (broad SMARTS) is 2. The van der Waals surface area contributed by atoms with E-state index in [4.69, 9.17) is 15.9 Å². The van der Waals surface area contributed by atoms with Gasteiger partial charge in [-0.3, -0.25) is 19.2 Å². The van der Waals surface area contributed by atoms with Crippen LogP contribution in [0, 0.1) is 0 Å². The number of nitrogens with zero attached hydrogens (tertiary/aromatic N) is 3. The lowest BCUT2D eigenvalue weighted by atomic mass is 10.1. The molecule has 0 bridgehead atoms. The zero-order valence-corrected chi connectivity index (χ0v) is 18.0. The van der Waals surface area contributed by atoms with Crippen LogP contribution >= 0.6 is 0 Å². The van der Waals surface area contributed by atoms with E-state index < -0.39 is 23.9 Å². The summed E-state index contributed by atoms with van der Waals surface area (Å²) in [5.41, 5.74) is 6.91. The molecule has 12 heteroatoms. The average molecular weight is 467 g/mol. The van der Waals surface area contributed by atoms with Gasteiger partial charge in [0, 0.05) is 30.4 Å². The summed E-state index contributed by atoms with van der Waals surface area (Å²) in [4.78, 5) is 65.3. The number of hydrogen-bond donors (Lipinski definition) is 4. The fourth-order valence-corrected chi connectivity index (χ4v) is 3.30. The van der Waals surface area contributed by atoms with E-state index in [0.29, 0.717) is 11.3 Å². The second-order valence-corrected chi connectivity index (χ2v) is 7.37. The van der Waals surface area contributed by atoms with Crippen molar-refractivity contribution in [3.8, 4) is 0 Å². The Hall–Kier alpha value is -4.74. The minimum Gasteiger partial charge on any atom is -0.481 e. The summed E-state index contributed by atoms with van der Waals surface area (Å²) < 4.78 is 0. The number of fused-ring (bicyclic) bond motifs is 1. The topological polar surface area (TPSA) is 183 Å². The normalized spacial score (nSPS) is 13.9. The molecular weight excluding hydrogens is 446 g/mol. The number of amidine groups is 1. The van der Waals surface area contributed by atoms with E-state index >= 15 is 0 Å². The van der Waals surface area contributed by atoms with E-state index in [1.807, 2.05) is 0 Å². The number of likely N-dealkylation sites (N-methyl/N-ethyl adjacent to an activating group) is 1. The quantitative estimate of drug-likeness (QED) is 0.361. The Morgan fingerprint density at radius 3 is 2.32 bits per heavy atom. The molecule has 1 heterocycles. The highest BCUT2D eigenvalue weighted by atomic mass is 16.4. The highest BCUT2D eigenvalue weighted by Crippen LogP contribution is 2.28. The number of carboxylic acids is 1. The molecule has 1 aliphatic rings. The average Bonchev–Trinajstić information content (AvgIpc) is 2.87. The van der Waals surface area contributed by atoms with Crippen LogP contribution in [0.15, 0.2) is 47.5 Å².